The predicted molar refractivity (Wildman–Crippen MR) is 105 cm³/mol. The second-order valence-corrected chi connectivity index (χ2v) is 6.08. The van der Waals surface area contributed by atoms with Gasteiger partial charge < -0.3 is 10.2 Å². The third-order valence-corrected chi connectivity index (χ3v) is 4.20. The number of para-hydroxylation sites is 1. The summed E-state index contributed by atoms with van der Waals surface area (Å²) in [6, 6.07) is 20.2. The molecule has 4 nitrogen and oxygen atoms in total. The fraction of sp³-hybridized carbons (Fsp3) is 0.200. The molecule has 0 saturated heterocycles. The molecule has 0 atom stereocenters. The van der Waals surface area contributed by atoms with Crippen molar-refractivity contribution >= 4 is 28.9 Å². The lowest BCUT2D eigenvalue weighted by Crippen LogP contribution is -2.18. The van der Waals surface area contributed by atoms with Crippen LogP contribution in [0.3, 0.4) is 0 Å². The van der Waals surface area contributed by atoms with Crippen LogP contribution in [0.25, 0.3) is 0 Å². The summed E-state index contributed by atoms with van der Waals surface area (Å²) in [5.41, 5.74) is 2.36. The largest absolute Gasteiger partial charge is 0.370 e. The zero-order valence-electron chi connectivity index (χ0n) is 14.2. The first-order valence-electron chi connectivity index (χ1n) is 8.39. The van der Waals surface area contributed by atoms with E-state index in [-0.39, 0.29) is 0 Å². The van der Waals surface area contributed by atoms with Crippen LogP contribution in [0.15, 0.2) is 67.0 Å². The van der Waals surface area contributed by atoms with E-state index in [1.807, 2.05) is 48.5 Å². The summed E-state index contributed by atoms with van der Waals surface area (Å²) in [5, 5.41) is 4.13. The van der Waals surface area contributed by atoms with E-state index in [0.29, 0.717) is 0 Å². The van der Waals surface area contributed by atoms with Crippen LogP contribution in [0, 0.1) is 0 Å². The molecule has 0 bridgehead atoms. The first kappa shape index (κ1) is 17.2. The van der Waals surface area contributed by atoms with Crippen molar-refractivity contribution in [3.63, 3.8) is 0 Å². The van der Waals surface area contributed by atoms with E-state index >= 15 is 0 Å². The Morgan fingerprint density at radius 2 is 1.76 bits per heavy atom. The number of halogens is 1. The third kappa shape index (κ3) is 4.70. The SMILES string of the molecule is CCN(c1ccccc1)c1cc(NCCc2ccc(Cl)cc2)ncn1. The highest BCUT2D eigenvalue weighted by molar-refractivity contribution is 6.30. The van der Waals surface area contributed by atoms with Crippen molar-refractivity contribution in [3.05, 3.63) is 77.6 Å². The number of nitrogens with one attached hydrogen (secondary N) is 1. The van der Waals surface area contributed by atoms with Crippen LogP contribution in [0.1, 0.15) is 12.5 Å². The molecule has 0 fully saturated rings. The molecule has 0 aliphatic carbocycles. The van der Waals surface area contributed by atoms with Gasteiger partial charge in [0.2, 0.25) is 0 Å². The molecule has 0 amide bonds. The zero-order valence-corrected chi connectivity index (χ0v) is 14.9. The summed E-state index contributed by atoms with van der Waals surface area (Å²) in [4.78, 5) is 10.9. The van der Waals surface area contributed by atoms with Crippen LogP contribution in [0.5, 0.6) is 0 Å². The molecular weight excluding hydrogens is 332 g/mol. The molecule has 3 aromatic rings. The molecule has 0 aliphatic rings. The standard InChI is InChI=1S/C20H21ClN4/c1-2-25(18-6-4-3-5-7-18)20-14-19(23-15-24-20)22-13-12-16-8-10-17(21)11-9-16/h3-11,14-15H,2,12-13H2,1H3,(H,22,23,24). The van der Waals surface area contributed by atoms with E-state index < -0.39 is 0 Å². The van der Waals surface area contributed by atoms with E-state index in [0.717, 1.165) is 41.9 Å². The van der Waals surface area contributed by atoms with Gasteiger partial charge in [0.25, 0.3) is 0 Å². The van der Waals surface area contributed by atoms with E-state index in [2.05, 4.69) is 39.2 Å². The molecule has 128 valence electrons. The Bertz CT molecular complexity index is 790. The Hall–Kier alpha value is -2.59. The minimum Gasteiger partial charge on any atom is -0.370 e. The number of anilines is 3. The molecule has 25 heavy (non-hydrogen) atoms. The maximum absolute atomic E-state index is 5.92. The molecule has 5 heteroatoms. The van der Waals surface area contributed by atoms with Gasteiger partial charge in [-0.1, -0.05) is 41.9 Å². The quantitative estimate of drug-likeness (QED) is 0.653. The summed E-state index contributed by atoms with van der Waals surface area (Å²) in [5.74, 6) is 1.71. The van der Waals surface area contributed by atoms with Gasteiger partial charge in [0.05, 0.1) is 0 Å². The molecule has 0 radical (unpaired) electrons. The Kier molecular flexibility index (Phi) is 5.86. The number of nitrogens with zero attached hydrogens (tertiary/aromatic N) is 3. The highest BCUT2D eigenvalue weighted by Crippen LogP contribution is 2.23. The molecule has 3 rings (SSSR count). The van der Waals surface area contributed by atoms with Gasteiger partial charge in [-0.3, -0.25) is 0 Å². The monoisotopic (exact) mass is 352 g/mol. The fourth-order valence-electron chi connectivity index (χ4n) is 2.66. The summed E-state index contributed by atoms with van der Waals surface area (Å²) < 4.78 is 0. The second kappa shape index (κ2) is 8.49. The lowest BCUT2D eigenvalue weighted by Gasteiger charge is -2.22. The van der Waals surface area contributed by atoms with Crippen LogP contribution in [0.4, 0.5) is 17.3 Å². The van der Waals surface area contributed by atoms with Crippen LogP contribution in [-0.2, 0) is 6.42 Å². The van der Waals surface area contributed by atoms with Crippen molar-refractivity contribution in [2.75, 3.05) is 23.3 Å². The normalized spacial score (nSPS) is 10.5. The molecule has 1 heterocycles. The second-order valence-electron chi connectivity index (χ2n) is 5.64. The van der Waals surface area contributed by atoms with Gasteiger partial charge in [-0.05, 0) is 43.2 Å². The fourth-order valence-corrected chi connectivity index (χ4v) is 2.79. The molecule has 1 aromatic heterocycles. The Morgan fingerprint density at radius 3 is 2.48 bits per heavy atom. The summed E-state index contributed by atoms with van der Waals surface area (Å²) in [6.07, 6.45) is 2.51. The van der Waals surface area contributed by atoms with Gasteiger partial charge in [-0.15, -0.1) is 0 Å². The van der Waals surface area contributed by atoms with E-state index in [9.17, 15) is 0 Å². The topological polar surface area (TPSA) is 41.0 Å². The van der Waals surface area contributed by atoms with Crippen molar-refractivity contribution in [2.24, 2.45) is 0 Å². The number of aromatic nitrogens is 2. The van der Waals surface area contributed by atoms with Gasteiger partial charge in [-0.25, -0.2) is 9.97 Å². The van der Waals surface area contributed by atoms with Crippen LogP contribution in [0.2, 0.25) is 5.02 Å². The number of hydrogen-bond donors (Lipinski definition) is 1. The molecular formula is C20H21ClN4. The predicted octanol–water partition coefficient (Wildman–Crippen LogP) is 4.94. The Morgan fingerprint density at radius 1 is 1.00 bits per heavy atom. The summed E-state index contributed by atoms with van der Waals surface area (Å²) >= 11 is 5.92. The van der Waals surface area contributed by atoms with Crippen molar-refractivity contribution in [2.45, 2.75) is 13.3 Å². The average Bonchev–Trinajstić information content (AvgIpc) is 2.65. The molecule has 1 N–H and O–H groups in total. The Labute approximate surface area is 153 Å². The maximum Gasteiger partial charge on any atom is 0.138 e. The third-order valence-electron chi connectivity index (χ3n) is 3.95. The van der Waals surface area contributed by atoms with Crippen LogP contribution >= 0.6 is 11.6 Å². The van der Waals surface area contributed by atoms with E-state index in [1.54, 1.807) is 6.33 Å². The van der Waals surface area contributed by atoms with Gasteiger partial charge >= 0.3 is 0 Å². The van der Waals surface area contributed by atoms with Crippen molar-refractivity contribution in [3.8, 4) is 0 Å². The smallest absolute Gasteiger partial charge is 0.138 e. The highest BCUT2D eigenvalue weighted by Gasteiger charge is 2.09. The molecule has 0 spiro atoms. The molecule has 0 aliphatic heterocycles. The van der Waals surface area contributed by atoms with Crippen molar-refractivity contribution < 1.29 is 0 Å². The highest BCUT2D eigenvalue weighted by atomic mass is 35.5. The maximum atomic E-state index is 5.92. The number of rotatable bonds is 7. The Balaban J connectivity index is 1.65. The van der Waals surface area contributed by atoms with Crippen LogP contribution in [-0.4, -0.2) is 23.1 Å². The molecule has 2 aromatic carbocycles. The molecule has 0 saturated carbocycles. The summed E-state index contributed by atoms with van der Waals surface area (Å²) in [7, 11) is 0. The minimum absolute atomic E-state index is 0.762. The lowest BCUT2D eigenvalue weighted by molar-refractivity contribution is 0.963. The van der Waals surface area contributed by atoms with Gasteiger partial charge in [0.15, 0.2) is 0 Å². The first-order valence-corrected chi connectivity index (χ1v) is 8.77. The number of hydrogen-bond acceptors (Lipinski definition) is 4. The van der Waals surface area contributed by atoms with Crippen LogP contribution < -0.4 is 10.2 Å². The van der Waals surface area contributed by atoms with E-state index in [1.165, 1.54) is 5.56 Å². The van der Waals surface area contributed by atoms with Crippen molar-refractivity contribution in [1.29, 1.82) is 0 Å². The molecule has 0 unspecified atom stereocenters. The van der Waals surface area contributed by atoms with Gasteiger partial charge in [-0.2, -0.15) is 0 Å². The zero-order chi connectivity index (χ0) is 17.5. The summed E-state index contributed by atoms with van der Waals surface area (Å²) in [6.45, 7) is 3.75. The van der Waals surface area contributed by atoms with Gasteiger partial charge in [0.1, 0.15) is 18.0 Å². The average molecular weight is 353 g/mol. The van der Waals surface area contributed by atoms with Gasteiger partial charge in [0, 0.05) is 29.9 Å². The van der Waals surface area contributed by atoms with Crippen molar-refractivity contribution in [1.82, 2.24) is 9.97 Å². The lowest BCUT2D eigenvalue weighted by atomic mass is 10.1. The number of benzene rings is 2. The van der Waals surface area contributed by atoms with E-state index in [4.69, 9.17) is 11.6 Å². The first-order chi connectivity index (χ1) is 12.3. The minimum atomic E-state index is 0.762.